The summed E-state index contributed by atoms with van der Waals surface area (Å²) in [6.45, 7) is 5.89. The maximum Gasteiger partial charge on any atom is 0.237 e. The van der Waals surface area contributed by atoms with Crippen LogP contribution in [0.25, 0.3) is 0 Å². The monoisotopic (exact) mass is 395 g/mol. The van der Waals surface area contributed by atoms with E-state index in [4.69, 9.17) is 5.26 Å². The van der Waals surface area contributed by atoms with E-state index in [9.17, 15) is 9.18 Å². The van der Waals surface area contributed by atoms with Crippen molar-refractivity contribution in [3.05, 3.63) is 52.6 Å². The summed E-state index contributed by atoms with van der Waals surface area (Å²) >= 11 is 0. The molecule has 1 aromatic carbocycles. The van der Waals surface area contributed by atoms with Crippen LogP contribution >= 0.6 is 0 Å². The van der Waals surface area contributed by atoms with E-state index in [0.29, 0.717) is 26.2 Å². The van der Waals surface area contributed by atoms with Crippen LogP contribution in [0.5, 0.6) is 0 Å². The molecule has 1 aromatic heterocycles. The molecule has 152 valence electrons. The van der Waals surface area contributed by atoms with Crippen LogP contribution in [0, 0.1) is 30.0 Å². The van der Waals surface area contributed by atoms with Crippen molar-refractivity contribution in [2.24, 2.45) is 5.92 Å². The number of piperidine rings is 1. The molecule has 0 saturated carbocycles. The van der Waals surface area contributed by atoms with Gasteiger partial charge in [-0.15, -0.1) is 0 Å². The Labute approximate surface area is 170 Å². The first-order chi connectivity index (χ1) is 14.0. The summed E-state index contributed by atoms with van der Waals surface area (Å²) in [6, 6.07) is 8.80. The number of carbonyl (C=O) groups is 1. The van der Waals surface area contributed by atoms with Gasteiger partial charge in [0, 0.05) is 12.5 Å². The van der Waals surface area contributed by atoms with E-state index in [1.165, 1.54) is 17.7 Å². The molecule has 1 saturated heterocycles. The van der Waals surface area contributed by atoms with Crippen molar-refractivity contribution in [3.8, 4) is 6.07 Å². The summed E-state index contributed by atoms with van der Waals surface area (Å²) in [5.41, 5.74) is 4.30. The van der Waals surface area contributed by atoms with Crippen LogP contribution in [0.3, 0.4) is 0 Å². The highest BCUT2D eigenvalue weighted by Crippen LogP contribution is 2.24. The Kier molecular flexibility index (Phi) is 5.63. The van der Waals surface area contributed by atoms with Gasteiger partial charge in [0.1, 0.15) is 5.82 Å². The second-order valence-corrected chi connectivity index (χ2v) is 8.04. The fourth-order valence-electron chi connectivity index (χ4n) is 4.29. The van der Waals surface area contributed by atoms with Crippen LogP contribution in [0.1, 0.15) is 35.4 Å². The molecule has 0 bridgehead atoms. The Hall–Kier alpha value is -2.72. The van der Waals surface area contributed by atoms with Crippen molar-refractivity contribution in [1.82, 2.24) is 19.6 Å². The smallest absolute Gasteiger partial charge is 0.237 e. The molecule has 1 fully saturated rings. The predicted octanol–water partition coefficient (Wildman–Crippen LogP) is 2.50. The van der Waals surface area contributed by atoms with Crippen molar-refractivity contribution >= 4 is 5.91 Å². The van der Waals surface area contributed by atoms with Crippen molar-refractivity contribution in [1.29, 1.82) is 5.26 Å². The van der Waals surface area contributed by atoms with E-state index in [1.807, 2.05) is 16.5 Å². The molecule has 2 aliphatic heterocycles. The molecule has 2 aliphatic rings. The first kappa shape index (κ1) is 19.6. The van der Waals surface area contributed by atoms with E-state index in [2.05, 4.69) is 16.1 Å². The minimum atomic E-state index is -0.247. The summed E-state index contributed by atoms with van der Waals surface area (Å²) in [5, 5.41) is 13.7. The molecule has 0 N–H and O–H groups in total. The van der Waals surface area contributed by atoms with Gasteiger partial charge in [-0.25, -0.2) is 4.39 Å². The summed E-state index contributed by atoms with van der Waals surface area (Å²) in [7, 11) is 0. The number of fused-ring (bicyclic) bond motifs is 1. The summed E-state index contributed by atoms with van der Waals surface area (Å²) in [4.78, 5) is 17.0. The van der Waals surface area contributed by atoms with Gasteiger partial charge in [0.25, 0.3) is 0 Å². The number of nitriles is 1. The lowest BCUT2D eigenvalue weighted by molar-refractivity contribution is -0.133. The van der Waals surface area contributed by atoms with Gasteiger partial charge < -0.3 is 4.90 Å². The van der Waals surface area contributed by atoms with Crippen molar-refractivity contribution in [3.63, 3.8) is 0 Å². The Morgan fingerprint density at radius 3 is 2.66 bits per heavy atom. The molecule has 3 heterocycles. The van der Waals surface area contributed by atoms with Gasteiger partial charge in [-0.2, -0.15) is 10.4 Å². The molecule has 1 amide bonds. The maximum absolute atomic E-state index is 13.2. The number of hydrogen-bond acceptors (Lipinski definition) is 4. The van der Waals surface area contributed by atoms with Gasteiger partial charge in [-0.05, 0) is 62.5 Å². The Morgan fingerprint density at radius 2 is 1.97 bits per heavy atom. The van der Waals surface area contributed by atoms with E-state index < -0.39 is 0 Å². The van der Waals surface area contributed by atoms with Crippen LogP contribution in [0.2, 0.25) is 0 Å². The van der Waals surface area contributed by atoms with Crippen LogP contribution in [0.15, 0.2) is 24.3 Å². The quantitative estimate of drug-likeness (QED) is 0.798. The number of hydrogen-bond donors (Lipinski definition) is 0. The zero-order chi connectivity index (χ0) is 20.4. The van der Waals surface area contributed by atoms with Gasteiger partial charge in [0.2, 0.25) is 5.91 Å². The summed E-state index contributed by atoms with van der Waals surface area (Å²) in [6.07, 6.45) is 2.50. The fourth-order valence-corrected chi connectivity index (χ4v) is 4.29. The standard InChI is InChI=1S/C22H26FN5O/c1-16-20-8-11-27(22(29)15-26-9-6-17(12-24)7-10-26)14-21(20)28(25-16)13-18-2-4-19(23)5-3-18/h2-5,17H,6-11,13-15H2,1H3. The summed E-state index contributed by atoms with van der Waals surface area (Å²) in [5.74, 6) is 0.0175. The molecule has 0 unspecified atom stereocenters. The average molecular weight is 395 g/mol. The molecule has 0 radical (unpaired) electrons. The third-order valence-corrected chi connectivity index (χ3v) is 6.07. The fraction of sp³-hybridized carbons (Fsp3) is 0.500. The minimum Gasteiger partial charge on any atom is -0.335 e. The largest absolute Gasteiger partial charge is 0.335 e. The lowest BCUT2D eigenvalue weighted by Crippen LogP contribution is -2.45. The van der Waals surface area contributed by atoms with Gasteiger partial charge in [0.15, 0.2) is 0 Å². The Bertz CT molecular complexity index is 922. The molecule has 7 heteroatoms. The van der Waals surface area contributed by atoms with E-state index in [-0.39, 0.29) is 17.6 Å². The Balaban J connectivity index is 1.43. The van der Waals surface area contributed by atoms with Crippen LogP contribution in [-0.4, -0.2) is 51.7 Å². The normalized spacial score (nSPS) is 17.8. The number of amides is 1. The molecule has 2 aromatic rings. The lowest BCUT2D eigenvalue weighted by Gasteiger charge is -2.33. The van der Waals surface area contributed by atoms with Crippen molar-refractivity contribution in [2.45, 2.75) is 39.3 Å². The number of nitrogens with zero attached hydrogens (tertiary/aromatic N) is 5. The molecular weight excluding hydrogens is 369 g/mol. The number of benzene rings is 1. The average Bonchev–Trinajstić information content (AvgIpc) is 3.05. The topological polar surface area (TPSA) is 65.2 Å². The number of carbonyl (C=O) groups excluding carboxylic acids is 1. The molecule has 0 atom stereocenters. The molecule has 29 heavy (non-hydrogen) atoms. The highest BCUT2D eigenvalue weighted by molar-refractivity contribution is 5.78. The van der Waals surface area contributed by atoms with Crippen LogP contribution in [0.4, 0.5) is 4.39 Å². The SMILES string of the molecule is Cc1nn(Cc2ccc(F)cc2)c2c1CCN(C(=O)CN1CCC(C#N)CC1)C2. The van der Waals surface area contributed by atoms with Gasteiger partial charge >= 0.3 is 0 Å². The zero-order valence-corrected chi connectivity index (χ0v) is 16.8. The van der Waals surface area contributed by atoms with E-state index >= 15 is 0 Å². The van der Waals surface area contributed by atoms with E-state index in [1.54, 1.807) is 12.1 Å². The maximum atomic E-state index is 13.2. The van der Waals surface area contributed by atoms with Gasteiger partial charge in [0.05, 0.1) is 37.1 Å². The number of rotatable bonds is 4. The number of halogens is 1. The van der Waals surface area contributed by atoms with E-state index in [0.717, 1.165) is 49.3 Å². The van der Waals surface area contributed by atoms with Crippen LogP contribution in [-0.2, 0) is 24.3 Å². The lowest BCUT2D eigenvalue weighted by atomic mass is 9.98. The van der Waals surface area contributed by atoms with Gasteiger partial charge in [-0.3, -0.25) is 14.4 Å². The minimum absolute atomic E-state index is 0.127. The highest BCUT2D eigenvalue weighted by Gasteiger charge is 2.28. The number of likely N-dealkylation sites (tertiary alicyclic amines) is 1. The third kappa shape index (κ3) is 4.33. The van der Waals surface area contributed by atoms with Crippen LogP contribution < -0.4 is 0 Å². The molecule has 4 rings (SSSR count). The zero-order valence-electron chi connectivity index (χ0n) is 16.8. The van der Waals surface area contributed by atoms with Crippen molar-refractivity contribution in [2.75, 3.05) is 26.2 Å². The predicted molar refractivity (Wildman–Crippen MR) is 106 cm³/mol. The van der Waals surface area contributed by atoms with Crippen molar-refractivity contribution < 1.29 is 9.18 Å². The number of aromatic nitrogens is 2. The molecular formula is C22H26FN5O. The summed E-state index contributed by atoms with van der Waals surface area (Å²) < 4.78 is 15.1. The van der Waals surface area contributed by atoms with Gasteiger partial charge in [-0.1, -0.05) is 12.1 Å². The molecule has 0 spiro atoms. The second-order valence-electron chi connectivity index (χ2n) is 8.04. The number of aryl methyl sites for hydroxylation is 1. The first-order valence-corrected chi connectivity index (χ1v) is 10.2. The first-order valence-electron chi connectivity index (χ1n) is 10.2. The highest BCUT2D eigenvalue weighted by atomic mass is 19.1. The Morgan fingerprint density at radius 1 is 1.24 bits per heavy atom. The molecule has 6 nitrogen and oxygen atoms in total. The third-order valence-electron chi connectivity index (χ3n) is 6.07. The second kappa shape index (κ2) is 8.34. The molecule has 0 aliphatic carbocycles.